The molecule has 0 unspecified atom stereocenters. The number of aromatic nitrogens is 2. The molecule has 3 heterocycles. The summed E-state index contributed by atoms with van der Waals surface area (Å²) in [7, 11) is 0. The number of anilines is 1. The number of hydrogen-bond acceptors (Lipinski definition) is 5. The van der Waals surface area contributed by atoms with Gasteiger partial charge in [-0.2, -0.15) is 0 Å². The van der Waals surface area contributed by atoms with E-state index in [1.807, 2.05) is 0 Å². The molecule has 0 saturated carbocycles. The summed E-state index contributed by atoms with van der Waals surface area (Å²) < 4.78 is 0. The van der Waals surface area contributed by atoms with Crippen LogP contribution in [0.15, 0.2) is 12.4 Å². The Kier molecular flexibility index (Phi) is 3.66. The zero-order valence-corrected chi connectivity index (χ0v) is 12.4. The lowest BCUT2D eigenvalue weighted by Crippen LogP contribution is -2.46. The largest absolute Gasteiger partial charge is 0.353 e. The first-order valence-corrected chi connectivity index (χ1v) is 7.84. The normalized spacial score (nSPS) is 17.3. The molecular weight excluding hydrogens is 256 g/mol. The third-order valence-corrected chi connectivity index (χ3v) is 5.01. The number of rotatable bonds is 3. The lowest BCUT2D eigenvalue weighted by atomic mass is 10.2. The van der Waals surface area contributed by atoms with Crippen LogP contribution in [0.1, 0.15) is 18.7 Å². The number of aryl methyl sites for hydroxylation is 1. The van der Waals surface area contributed by atoms with Crippen LogP contribution in [-0.4, -0.2) is 47.6 Å². The molecule has 3 rings (SSSR count). The van der Waals surface area contributed by atoms with Crippen molar-refractivity contribution in [1.29, 1.82) is 0 Å². The summed E-state index contributed by atoms with van der Waals surface area (Å²) in [5.41, 5.74) is 0. The minimum Gasteiger partial charge on any atom is -0.353 e. The van der Waals surface area contributed by atoms with Gasteiger partial charge in [0.1, 0.15) is 17.0 Å². The van der Waals surface area contributed by atoms with E-state index in [0.717, 1.165) is 49.8 Å². The van der Waals surface area contributed by atoms with Gasteiger partial charge in [-0.1, -0.05) is 13.8 Å². The second-order valence-corrected chi connectivity index (χ2v) is 6.02. The average Bonchev–Trinajstić information content (AvgIpc) is 2.90. The molecule has 0 amide bonds. The number of hydrogen-bond donors (Lipinski definition) is 0. The van der Waals surface area contributed by atoms with Gasteiger partial charge in [0.05, 0.1) is 5.39 Å². The van der Waals surface area contributed by atoms with Gasteiger partial charge in [0.2, 0.25) is 0 Å². The van der Waals surface area contributed by atoms with Gasteiger partial charge >= 0.3 is 0 Å². The van der Waals surface area contributed by atoms with Crippen LogP contribution >= 0.6 is 11.3 Å². The van der Waals surface area contributed by atoms with Gasteiger partial charge in [0, 0.05) is 31.1 Å². The predicted octanol–water partition coefficient (Wildman–Crippen LogP) is 2.40. The Hall–Kier alpha value is -1.20. The van der Waals surface area contributed by atoms with Crippen molar-refractivity contribution in [3.8, 4) is 0 Å². The molecule has 102 valence electrons. The highest BCUT2D eigenvalue weighted by Gasteiger charge is 2.19. The monoisotopic (exact) mass is 276 g/mol. The fourth-order valence-electron chi connectivity index (χ4n) is 2.60. The van der Waals surface area contributed by atoms with Gasteiger partial charge < -0.3 is 9.80 Å². The first kappa shape index (κ1) is 12.8. The molecule has 0 bridgehead atoms. The zero-order valence-electron chi connectivity index (χ0n) is 11.6. The van der Waals surface area contributed by atoms with Crippen molar-refractivity contribution < 1.29 is 0 Å². The van der Waals surface area contributed by atoms with Crippen molar-refractivity contribution in [2.45, 2.75) is 20.3 Å². The maximum atomic E-state index is 4.53. The maximum Gasteiger partial charge on any atom is 0.140 e. The van der Waals surface area contributed by atoms with Gasteiger partial charge in [-0.05, 0) is 19.0 Å². The Labute approximate surface area is 118 Å². The topological polar surface area (TPSA) is 32.3 Å². The molecule has 0 spiro atoms. The number of nitrogens with zero attached hydrogens (tertiary/aromatic N) is 4. The standard InChI is InChI=1S/C14H20N4S/c1-3-11-9-12-13(15-10-16-14(12)19-11)18-7-5-17(4-2)6-8-18/h9-10H,3-8H2,1-2H3. The van der Waals surface area contributed by atoms with Crippen molar-refractivity contribution in [2.75, 3.05) is 37.6 Å². The maximum absolute atomic E-state index is 4.53. The number of fused-ring (bicyclic) bond motifs is 1. The zero-order chi connectivity index (χ0) is 13.2. The van der Waals surface area contributed by atoms with Crippen molar-refractivity contribution in [2.24, 2.45) is 0 Å². The predicted molar refractivity (Wildman–Crippen MR) is 81.1 cm³/mol. The molecule has 0 N–H and O–H groups in total. The van der Waals surface area contributed by atoms with E-state index >= 15 is 0 Å². The summed E-state index contributed by atoms with van der Waals surface area (Å²) >= 11 is 1.79. The van der Waals surface area contributed by atoms with E-state index in [1.54, 1.807) is 17.7 Å². The molecule has 1 saturated heterocycles. The Morgan fingerprint density at radius 1 is 1.16 bits per heavy atom. The SMILES string of the molecule is CCc1cc2c(N3CCN(CC)CC3)ncnc2s1. The van der Waals surface area contributed by atoms with Crippen molar-refractivity contribution in [3.05, 3.63) is 17.3 Å². The van der Waals surface area contributed by atoms with Crippen LogP contribution in [0.4, 0.5) is 5.82 Å². The lowest BCUT2D eigenvalue weighted by Gasteiger charge is -2.34. The van der Waals surface area contributed by atoms with E-state index in [2.05, 4.69) is 39.7 Å². The molecule has 5 heteroatoms. The summed E-state index contributed by atoms with van der Waals surface area (Å²) in [6.45, 7) is 9.96. The molecule has 0 atom stereocenters. The molecule has 2 aromatic rings. The van der Waals surface area contributed by atoms with Crippen LogP contribution in [0.5, 0.6) is 0 Å². The van der Waals surface area contributed by atoms with Crippen LogP contribution in [0.2, 0.25) is 0 Å². The molecule has 0 radical (unpaired) electrons. The Morgan fingerprint density at radius 2 is 1.95 bits per heavy atom. The summed E-state index contributed by atoms with van der Waals surface area (Å²) in [4.78, 5) is 16.3. The highest BCUT2D eigenvalue weighted by Crippen LogP contribution is 2.30. The lowest BCUT2D eigenvalue weighted by molar-refractivity contribution is 0.271. The molecule has 1 aliphatic rings. The highest BCUT2D eigenvalue weighted by molar-refractivity contribution is 7.18. The molecule has 4 nitrogen and oxygen atoms in total. The second-order valence-electron chi connectivity index (χ2n) is 4.90. The molecule has 0 aromatic carbocycles. The van der Waals surface area contributed by atoms with E-state index < -0.39 is 0 Å². The molecular formula is C14H20N4S. The Bertz CT molecular complexity index is 558. The number of likely N-dealkylation sites (N-methyl/N-ethyl adjacent to an activating group) is 1. The van der Waals surface area contributed by atoms with Gasteiger partial charge in [-0.3, -0.25) is 0 Å². The van der Waals surface area contributed by atoms with E-state index in [1.165, 1.54) is 10.3 Å². The minimum absolute atomic E-state index is 1.07. The van der Waals surface area contributed by atoms with E-state index in [4.69, 9.17) is 0 Å². The third-order valence-electron chi connectivity index (χ3n) is 3.83. The van der Waals surface area contributed by atoms with Crippen molar-refractivity contribution >= 4 is 27.4 Å². The molecule has 1 aliphatic heterocycles. The number of piperazine rings is 1. The van der Waals surface area contributed by atoms with Crippen LogP contribution in [0.25, 0.3) is 10.2 Å². The number of thiophene rings is 1. The van der Waals surface area contributed by atoms with E-state index in [-0.39, 0.29) is 0 Å². The van der Waals surface area contributed by atoms with E-state index in [0.29, 0.717) is 0 Å². The Morgan fingerprint density at radius 3 is 2.63 bits per heavy atom. The van der Waals surface area contributed by atoms with Gasteiger partial charge in [0.25, 0.3) is 0 Å². The second kappa shape index (κ2) is 5.43. The average molecular weight is 276 g/mol. The van der Waals surface area contributed by atoms with Gasteiger partial charge in [-0.25, -0.2) is 9.97 Å². The van der Waals surface area contributed by atoms with Crippen molar-refractivity contribution in [3.63, 3.8) is 0 Å². The van der Waals surface area contributed by atoms with E-state index in [9.17, 15) is 0 Å². The fraction of sp³-hybridized carbons (Fsp3) is 0.571. The summed E-state index contributed by atoms with van der Waals surface area (Å²) in [6, 6.07) is 2.27. The summed E-state index contributed by atoms with van der Waals surface area (Å²) in [5.74, 6) is 1.12. The fourth-order valence-corrected chi connectivity index (χ4v) is 3.52. The van der Waals surface area contributed by atoms with Crippen LogP contribution in [-0.2, 0) is 6.42 Å². The first-order chi connectivity index (χ1) is 9.31. The Balaban J connectivity index is 1.90. The highest BCUT2D eigenvalue weighted by atomic mass is 32.1. The summed E-state index contributed by atoms with van der Waals surface area (Å²) in [6.07, 6.45) is 2.78. The molecule has 19 heavy (non-hydrogen) atoms. The molecule has 0 aliphatic carbocycles. The van der Waals surface area contributed by atoms with Crippen LogP contribution in [0.3, 0.4) is 0 Å². The van der Waals surface area contributed by atoms with Crippen LogP contribution in [0, 0.1) is 0 Å². The quantitative estimate of drug-likeness (QED) is 0.861. The van der Waals surface area contributed by atoms with Crippen molar-refractivity contribution in [1.82, 2.24) is 14.9 Å². The molecule has 2 aromatic heterocycles. The van der Waals surface area contributed by atoms with Gasteiger partial charge in [-0.15, -0.1) is 11.3 Å². The first-order valence-electron chi connectivity index (χ1n) is 7.02. The molecule has 1 fully saturated rings. The third kappa shape index (κ3) is 2.44. The summed E-state index contributed by atoms with van der Waals surface area (Å²) in [5, 5.41) is 1.23. The van der Waals surface area contributed by atoms with Crippen LogP contribution < -0.4 is 4.90 Å². The smallest absolute Gasteiger partial charge is 0.140 e. The minimum atomic E-state index is 1.07. The van der Waals surface area contributed by atoms with Gasteiger partial charge in [0.15, 0.2) is 0 Å².